The van der Waals surface area contributed by atoms with Crippen molar-refractivity contribution in [1.82, 2.24) is 15.2 Å². The summed E-state index contributed by atoms with van der Waals surface area (Å²) in [5, 5.41) is 9.74. The van der Waals surface area contributed by atoms with Gasteiger partial charge >= 0.3 is 0 Å². The number of nitrogens with zero attached hydrogens (tertiary/aromatic N) is 2. The number of amides is 1. The van der Waals surface area contributed by atoms with Gasteiger partial charge in [-0.15, -0.1) is 12.4 Å². The first-order valence-electron chi connectivity index (χ1n) is 8.73. The van der Waals surface area contributed by atoms with Gasteiger partial charge in [0.25, 0.3) is 0 Å². The Kier molecular flexibility index (Phi) is 5.39. The number of halogens is 1. The second-order valence-corrected chi connectivity index (χ2v) is 7.10. The van der Waals surface area contributed by atoms with Crippen molar-refractivity contribution >= 4 is 24.0 Å². The lowest BCUT2D eigenvalue weighted by atomic mass is 9.65. The molecule has 4 N–H and O–H groups in total. The summed E-state index contributed by atoms with van der Waals surface area (Å²) in [5.41, 5.74) is 8.09. The van der Waals surface area contributed by atoms with Crippen molar-refractivity contribution in [3.63, 3.8) is 0 Å². The monoisotopic (exact) mass is 361 g/mol. The van der Waals surface area contributed by atoms with Crippen LogP contribution in [0.25, 0.3) is 11.4 Å². The molecule has 1 aromatic heterocycles. The zero-order valence-corrected chi connectivity index (χ0v) is 14.8. The summed E-state index contributed by atoms with van der Waals surface area (Å²) in [7, 11) is 0. The van der Waals surface area contributed by atoms with Crippen LogP contribution in [0.2, 0.25) is 0 Å². The summed E-state index contributed by atoms with van der Waals surface area (Å²) in [6, 6.07) is 7.98. The van der Waals surface area contributed by atoms with Crippen molar-refractivity contribution < 1.29 is 4.79 Å². The largest absolute Gasteiger partial charge is 0.327 e. The molecule has 2 atom stereocenters. The van der Waals surface area contributed by atoms with Crippen LogP contribution in [0, 0.1) is 17.8 Å². The Bertz CT molecular complexity index is 689. The number of hydrogen-bond acceptors (Lipinski definition) is 4. The standard InChI is InChI=1S/C18H23N5O.ClH/c19-16-12-2-1-3-13(16)9-14(8-12)18(24)22-15-6-4-11(5-7-15)17-20-10-21-23-17;/h4-7,10,12-14,16H,1-3,8-9,19H2,(H,22,24)(H,20,21,23);1H. The lowest BCUT2D eigenvalue weighted by Crippen LogP contribution is -2.48. The van der Waals surface area contributed by atoms with Gasteiger partial charge in [-0.1, -0.05) is 6.42 Å². The number of aromatic amines is 1. The summed E-state index contributed by atoms with van der Waals surface area (Å²) in [6.45, 7) is 0. The number of rotatable bonds is 3. The fourth-order valence-corrected chi connectivity index (χ4v) is 4.30. The highest BCUT2D eigenvalue weighted by Crippen LogP contribution is 2.42. The normalized spacial score (nSPS) is 28.0. The third-order valence-corrected chi connectivity index (χ3v) is 5.62. The Morgan fingerprint density at radius 2 is 1.84 bits per heavy atom. The molecule has 2 unspecified atom stereocenters. The first-order chi connectivity index (χ1) is 11.7. The summed E-state index contributed by atoms with van der Waals surface area (Å²) in [5.74, 6) is 1.98. The molecular weight excluding hydrogens is 338 g/mol. The Labute approximate surface area is 153 Å². The number of H-pyrrole nitrogens is 1. The van der Waals surface area contributed by atoms with Gasteiger partial charge in [0.1, 0.15) is 6.33 Å². The number of aromatic nitrogens is 3. The smallest absolute Gasteiger partial charge is 0.227 e. The number of carbonyl (C=O) groups is 1. The summed E-state index contributed by atoms with van der Waals surface area (Å²) < 4.78 is 0. The van der Waals surface area contributed by atoms with Gasteiger partial charge < -0.3 is 11.1 Å². The van der Waals surface area contributed by atoms with Crippen molar-refractivity contribution in [2.45, 2.75) is 38.1 Å². The molecule has 7 heteroatoms. The van der Waals surface area contributed by atoms with Gasteiger partial charge in [0.2, 0.25) is 5.91 Å². The van der Waals surface area contributed by atoms with E-state index in [1.54, 1.807) is 0 Å². The van der Waals surface area contributed by atoms with Crippen molar-refractivity contribution in [3.8, 4) is 11.4 Å². The van der Waals surface area contributed by atoms with E-state index in [-0.39, 0.29) is 24.2 Å². The average molecular weight is 362 g/mol. The Hall–Kier alpha value is -1.92. The van der Waals surface area contributed by atoms with Crippen molar-refractivity contribution in [1.29, 1.82) is 0 Å². The van der Waals surface area contributed by atoms with E-state index in [0.717, 1.165) is 29.9 Å². The molecule has 4 rings (SSSR count). The van der Waals surface area contributed by atoms with Crippen LogP contribution in [0.5, 0.6) is 0 Å². The number of anilines is 1. The van der Waals surface area contributed by atoms with Crippen LogP contribution in [-0.4, -0.2) is 27.1 Å². The third-order valence-electron chi connectivity index (χ3n) is 5.62. The minimum Gasteiger partial charge on any atom is -0.327 e. The number of fused-ring (bicyclic) bond motifs is 2. The van der Waals surface area contributed by atoms with Crippen LogP contribution in [0.4, 0.5) is 5.69 Å². The number of hydrogen-bond donors (Lipinski definition) is 3. The number of nitrogens with two attached hydrogens (primary N) is 1. The molecule has 2 aliphatic rings. The molecule has 0 aliphatic heterocycles. The molecule has 2 aromatic rings. The number of carbonyl (C=O) groups excluding carboxylic acids is 1. The number of nitrogens with one attached hydrogen (secondary N) is 2. The average Bonchev–Trinajstić information content (AvgIpc) is 3.09. The first kappa shape index (κ1) is 17.9. The Morgan fingerprint density at radius 1 is 1.16 bits per heavy atom. The van der Waals surface area contributed by atoms with Gasteiger partial charge in [0.05, 0.1) is 0 Å². The van der Waals surface area contributed by atoms with Crippen LogP contribution in [0.3, 0.4) is 0 Å². The maximum Gasteiger partial charge on any atom is 0.227 e. The molecule has 2 saturated carbocycles. The van der Waals surface area contributed by atoms with Crippen molar-refractivity contribution in [2.24, 2.45) is 23.5 Å². The van der Waals surface area contributed by atoms with E-state index >= 15 is 0 Å². The SMILES string of the molecule is Cl.NC1C2CCCC1CC(C(=O)Nc1ccc(-c3ncn[nH]3)cc1)C2. The van der Waals surface area contributed by atoms with E-state index < -0.39 is 0 Å². The second kappa shape index (κ2) is 7.54. The molecular formula is C18H24ClN5O. The quantitative estimate of drug-likeness (QED) is 0.782. The molecule has 1 heterocycles. The second-order valence-electron chi connectivity index (χ2n) is 7.10. The van der Waals surface area contributed by atoms with Gasteiger partial charge in [0, 0.05) is 23.2 Å². The molecule has 2 bridgehead atoms. The third kappa shape index (κ3) is 3.70. The molecule has 0 radical (unpaired) electrons. The fraction of sp³-hybridized carbons (Fsp3) is 0.500. The minimum atomic E-state index is 0. The van der Waals surface area contributed by atoms with E-state index in [1.165, 1.54) is 25.6 Å². The highest BCUT2D eigenvalue weighted by molar-refractivity contribution is 5.92. The molecule has 1 aromatic carbocycles. The highest BCUT2D eigenvalue weighted by atomic mass is 35.5. The Morgan fingerprint density at radius 3 is 2.44 bits per heavy atom. The van der Waals surface area contributed by atoms with E-state index in [0.29, 0.717) is 17.9 Å². The molecule has 0 saturated heterocycles. The zero-order chi connectivity index (χ0) is 16.5. The van der Waals surface area contributed by atoms with Crippen LogP contribution in [0.15, 0.2) is 30.6 Å². The summed E-state index contributed by atoms with van der Waals surface area (Å²) in [6.07, 6.45) is 6.95. The molecule has 0 spiro atoms. The first-order valence-corrected chi connectivity index (χ1v) is 8.73. The summed E-state index contributed by atoms with van der Waals surface area (Å²) >= 11 is 0. The van der Waals surface area contributed by atoms with Crippen molar-refractivity contribution in [2.75, 3.05) is 5.32 Å². The molecule has 2 aliphatic carbocycles. The predicted molar refractivity (Wildman–Crippen MR) is 99.2 cm³/mol. The van der Waals surface area contributed by atoms with E-state index in [1.807, 2.05) is 24.3 Å². The lowest BCUT2D eigenvalue weighted by Gasteiger charge is -2.43. The molecule has 25 heavy (non-hydrogen) atoms. The topological polar surface area (TPSA) is 96.7 Å². The van der Waals surface area contributed by atoms with E-state index in [9.17, 15) is 4.79 Å². The van der Waals surface area contributed by atoms with E-state index in [2.05, 4.69) is 20.5 Å². The maximum absolute atomic E-state index is 12.6. The molecule has 1 amide bonds. The summed E-state index contributed by atoms with van der Waals surface area (Å²) in [4.78, 5) is 16.8. The van der Waals surface area contributed by atoms with Gasteiger partial charge in [0.15, 0.2) is 5.82 Å². The van der Waals surface area contributed by atoms with Gasteiger partial charge in [-0.25, -0.2) is 4.98 Å². The van der Waals surface area contributed by atoms with Gasteiger partial charge in [-0.05, 0) is 61.8 Å². The molecule has 6 nitrogen and oxygen atoms in total. The fourth-order valence-electron chi connectivity index (χ4n) is 4.30. The van der Waals surface area contributed by atoms with Crippen LogP contribution in [-0.2, 0) is 4.79 Å². The lowest BCUT2D eigenvalue weighted by molar-refractivity contribution is -0.122. The number of benzene rings is 1. The van der Waals surface area contributed by atoms with Crippen LogP contribution in [0.1, 0.15) is 32.1 Å². The Balaban J connectivity index is 0.00000182. The molecule has 2 fully saturated rings. The zero-order valence-electron chi connectivity index (χ0n) is 14.0. The van der Waals surface area contributed by atoms with Gasteiger partial charge in [-0.3, -0.25) is 9.89 Å². The van der Waals surface area contributed by atoms with Gasteiger partial charge in [-0.2, -0.15) is 5.10 Å². The molecule has 134 valence electrons. The highest BCUT2D eigenvalue weighted by Gasteiger charge is 2.40. The van der Waals surface area contributed by atoms with E-state index in [4.69, 9.17) is 5.73 Å². The maximum atomic E-state index is 12.6. The predicted octanol–water partition coefficient (Wildman–Crippen LogP) is 2.99. The van der Waals surface area contributed by atoms with Crippen LogP contribution >= 0.6 is 12.4 Å². The van der Waals surface area contributed by atoms with Crippen molar-refractivity contribution in [3.05, 3.63) is 30.6 Å². The van der Waals surface area contributed by atoms with Crippen LogP contribution < -0.4 is 11.1 Å². The minimum absolute atomic E-state index is 0.